The molecule has 0 amide bonds. The van der Waals surface area contributed by atoms with Gasteiger partial charge in [0.1, 0.15) is 11.5 Å². The summed E-state index contributed by atoms with van der Waals surface area (Å²) < 4.78 is 15.1. The standard InChI is InChI=1S/C16H22O6/c1-4-5-11(17)8-16(19)22-10-14(18)13-7-6-12(20-2)9-15(13)21-3/h6-7,9,11,17H,4-5,8,10H2,1-3H3. The largest absolute Gasteiger partial charge is 0.497 e. The summed E-state index contributed by atoms with van der Waals surface area (Å²) in [5, 5.41) is 9.52. The van der Waals surface area contributed by atoms with Crippen LogP contribution in [0.1, 0.15) is 36.5 Å². The Labute approximate surface area is 130 Å². The van der Waals surface area contributed by atoms with E-state index in [1.807, 2.05) is 6.92 Å². The van der Waals surface area contributed by atoms with Gasteiger partial charge in [0.15, 0.2) is 6.61 Å². The molecule has 0 spiro atoms. The van der Waals surface area contributed by atoms with Crippen molar-refractivity contribution in [3.05, 3.63) is 23.8 Å². The van der Waals surface area contributed by atoms with Gasteiger partial charge in [0.05, 0.1) is 32.3 Å². The molecule has 0 radical (unpaired) electrons. The first kappa shape index (κ1) is 18.0. The van der Waals surface area contributed by atoms with Crippen molar-refractivity contribution in [1.82, 2.24) is 0 Å². The summed E-state index contributed by atoms with van der Waals surface area (Å²) >= 11 is 0. The number of benzene rings is 1. The van der Waals surface area contributed by atoms with E-state index in [1.165, 1.54) is 14.2 Å². The first-order valence-electron chi connectivity index (χ1n) is 7.10. The van der Waals surface area contributed by atoms with Crippen molar-refractivity contribution in [2.45, 2.75) is 32.3 Å². The van der Waals surface area contributed by atoms with Crippen LogP contribution in [-0.4, -0.2) is 43.8 Å². The van der Waals surface area contributed by atoms with E-state index >= 15 is 0 Å². The molecule has 1 N–H and O–H groups in total. The summed E-state index contributed by atoms with van der Waals surface area (Å²) in [5.74, 6) is -0.0564. The fourth-order valence-corrected chi connectivity index (χ4v) is 1.94. The Balaban J connectivity index is 2.60. The summed E-state index contributed by atoms with van der Waals surface area (Å²) in [6, 6.07) is 4.77. The molecule has 0 aliphatic rings. The molecule has 0 aromatic heterocycles. The smallest absolute Gasteiger partial charge is 0.308 e. The van der Waals surface area contributed by atoms with Crippen molar-refractivity contribution in [3.8, 4) is 11.5 Å². The lowest BCUT2D eigenvalue weighted by molar-refractivity contribution is -0.144. The van der Waals surface area contributed by atoms with Crippen LogP contribution in [0.15, 0.2) is 18.2 Å². The lowest BCUT2D eigenvalue weighted by atomic mass is 10.1. The first-order valence-corrected chi connectivity index (χ1v) is 7.10. The first-order chi connectivity index (χ1) is 10.5. The predicted molar refractivity (Wildman–Crippen MR) is 80.4 cm³/mol. The van der Waals surface area contributed by atoms with Gasteiger partial charge in [-0.15, -0.1) is 0 Å². The number of methoxy groups -OCH3 is 2. The molecule has 1 rings (SSSR count). The molecule has 1 aromatic carbocycles. The molecule has 0 saturated carbocycles. The van der Waals surface area contributed by atoms with Gasteiger partial charge in [-0.2, -0.15) is 0 Å². The zero-order valence-corrected chi connectivity index (χ0v) is 13.1. The molecule has 1 unspecified atom stereocenters. The van der Waals surface area contributed by atoms with Crippen LogP contribution in [0.2, 0.25) is 0 Å². The number of hydrogen-bond donors (Lipinski definition) is 1. The molecule has 0 aliphatic carbocycles. The van der Waals surface area contributed by atoms with Gasteiger partial charge in [-0.3, -0.25) is 9.59 Å². The third-order valence-electron chi connectivity index (χ3n) is 3.10. The van der Waals surface area contributed by atoms with Crippen LogP contribution >= 0.6 is 0 Å². The number of carbonyl (C=O) groups is 2. The maximum atomic E-state index is 12.1. The number of esters is 1. The minimum Gasteiger partial charge on any atom is -0.497 e. The molecule has 6 heteroatoms. The summed E-state index contributed by atoms with van der Waals surface area (Å²) in [6.07, 6.45) is 0.454. The van der Waals surface area contributed by atoms with Crippen LogP contribution in [0.3, 0.4) is 0 Å². The number of ketones is 1. The lowest BCUT2D eigenvalue weighted by Crippen LogP contribution is -2.19. The number of carbonyl (C=O) groups excluding carboxylic acids is 2. The van der Waals surface area contributed by atoms with Crippen molar-refractivity contribution < 1.29 is 28.9 Å². The highest BCUT2D eigenvalue weighted by Gasteiger charge is 2.17. The van der Waals surface area contributed by atoms with E-state index in [4.69, 9.17) is 14.2 Å². The fraction of sp³-hybridized carbons (Fsp3) is 0.500. The highest BCUT2D eigenvalue weighted by molar-refractivity contribution is 6.00. The molecule has 0 bridgehead atoms. The van der Waals surface area contributed by atoms with Crippen molar-refractivity contribution in [3.63, 3.8) is 0 Å². The molecular weight excluding hydrogens is 288 g/mol. The average Bonchev–Trinajstić information content (AvgIpc) is 2.52. The normalized spacial score (nSPS) is 11.6. The van der Waals surface area contributed by atoms with E-state index in [0.29, 0.717) is 23.5 Å². The van der Waals surface area contributed by atoms with Gasteiger partial charge in [0.25, 0.3) is 0 Å². The summed E-state index contributed by atoms with van der Waals surface area (Å²) in [7, 11) is 2.96. The minimum absolute atomic E-state index is 0.110. The van der Waals surface area contributed by atoms with Gasteiger partial charge >= 0.3 is 5.97 Å². The monoisotopic (exact) mass is 310 g/mol. The second-order valence-electron chi connectivity index (χ2n) is 4.80. The van der Waals surface area contributed by atoms with E-state index in [1.54, 1.807) is 18.2 Å². The van der Waals surface area contributed by atoms with Crippen molar-refractivity contribution in [1.29, 1.82) is 0 Å². The predicted octanol–water partition coefficient (Wildman–Crippen LogP) is 1.98. The molecule has 1 aromatic rings. The minimum atomic E-state index is -0.733. The van der Waals surface area contributed by atoms with E-state index in [-0.39, 0.29) is 18.8 Å². The van der Waals surface area contributed by atoms with Gasteiger partial charge < -0.3 is 19.3 Å². The Morgan fingerprint density at radius 1 is 1.23 bits per heavy atom. The molecule has 0 fully saturated rings. The van der Waals surface area contributed by atoms with E-state index in [0.717, 1.165) is 6.42 Å². The van der Waals surface area contributed by atoms with Crippen molar-refractivity contribution in [2.75, 3.05) is 20.8 Å². The Morgan fingerprint density at radius 3 is 2.55 bits per heavy atom. The van der Waals surface area contributed by atoms with Crippen LogP contribution in [0.4, 0.5) is 0 Å². The Morgan fingerprint density at radius 2 is 1.95 bits per heavy atom. The number of aliphatic hydroxyl groups is 1. The number of rotatable bonds is 9. The zero-order chi connectivity index (χ0) is 16.5. The van der Waals surface area contributed by atoms with Crippen molar-refractivity contribution >= 4 is 11.8 Å². The van der Waals surface area contributed by atoms with E-state index in [9.17, 15) is 14.7 Å². The van der Waals surface area contributed by atoms with Crippen LogP contribution in [-0.2, 0) is 9.53 Å². The van der Waals surface area contributed by atoms with E-state index < -0.39 is 12.1 Å². The topological polar surface area (TPSA) is 82.1 Å². The van der Waals surface area contributed by atoms with Crippen LogP contribution in [0.25, 0.3) is 0 Å². The van der Waals surface area contributed by atoms with E-state index in [2.05, 4.69) is 0 Å². The molecular formula is C16H22O6. The number of hydrogen-bond acceptors (Lipinski definition) is 6. The zero-order valence-electron chi connectivity index (χ0n) is 13.1. The maximum Gasteiger partial charge on any atom is 0.308 e. The molecule has 6 nitrogen and oxygen atoms in total. The Kier molecular flexibility index (Phi) is 7.39. The highest BCUT2D eigenvalue weighted by Crippen LogP contribution is 2.25. The molecule has 122 valence electrons. The summed E-state index contributed by atoms with van der Waals surface area (Å²) in [6.45, 7) is 1.52. The quantitative estimate of drug-likeness (QED) is 0.555. The number of ether oxygens (including phenoxy) is 3. The summed E-state index contributed by atoms with van der Waals surface area (Å²) in [4.78, 5) is 23.6. The Hall–Kier alpha value is -2.08. The second kappa shape index (κ2) is 9.04. The number of Topliss-reactive ketones (excluding diaryl/α,β-unsaturated/α-hetero) is 1. The van der Waals surface area contributed by atoms with Gasteiger partial charge in [0, 0.05) is 6.07 Å². The molecule has 22 heavy (non-hydrogen) atoms. The fourth-order valence-electron chi connectivity index (χ4n) is 1.94. The van der Waals surface area contributed by atoms with Gasteiger partial charge in [0.2, 0.25) is 5.78 Å². The SMILES string of the molecule is CCCC(O)CC(=O)OCC(=O)c1ccc(OC)cc1OC. The third kappa shape index (κ3) is 5.37. The number of aliphatic hydroxyl groups excluding tert-OH is 1. The molecule has 1 atom stereocenters. The average molecular weight is 310 g/mol. The van der Waals surface area contributed by atoms with Gasteiger partial charge in [-0.05, 0) is 18.6 Å². The lowest BCUT2D eigenvalue weighted by Gasteiger charge is -2.11. The van der Waals surface area contributed by atoms with Crippen molar-refractivity contribution in [2.24, 2.45) is 0 Å². The third-order valence-corrected chi connectivity index (χ3v) is 3.10. The highest BCUT2D eigenvalue weighted by atomic mass is 16.5. The van der Waals surface area contributed by atoms with Gasteiger partial charge in [-0.25, -0.2) is 0 Å². The Bertz CT molecular complexity index is 511. The van der Waals surface area contributed by atoms with Gasteiger partial charge in [-0.1, -0.05) is 13.3 Å². The molecule has 0 saturated heterocycles. The maximum absolute atomic E-state index is 12.1. The van der Waals surface area contributed by atoms with Crippen LogP contribution < -0.4 is 9.47 Å². The van der Waals surface area contributed by atoms with Crippen LogP contribution in [0.5, 0.6) is 11.5 Å². The summed E-state index contributed by atoms with van der Waals surface area (Å²) in [5.41, 5.74) is 0.310. The van der Waals surface area contributed by atoms with Crippen LogP contribution in [0, 0.1) is 0 Å². The molecule has 0 heterocycles. The second-order valence-corrected chi connectivity index (χ2v) is 4.80. The molecule has 0 aliphatic heterocycles.